The van der Waals surface area contributed by atoms with Gasteiger partial charge in [-0.3, -0.25) is 9.59 Å². The zero-order valence-corrected chi connectivity index (χ0v) is 13.3. The average molecular weight is 316 g/mol. The van der Waals surface area contributed by atoms with Crippen LogP contribution in [0.25, 0.3) is 0 Å². The lowest BCUT2D eigenvalue weighted by molar-refractivity contribution is -0.121. The van der Waals surface area contributed by atoms with Crippen LogP contribution in [0.15, 0.2) is 24.3 Å². The van der Waals surface area contributed by atoms with Crippen molar-refractivity contribution in [2.24, 2.45) is 0 Å². The lowest BCUT2D eigenvalue weighted by atomic mass is 9.93. The van der Waals surface area contributed by atoms with Crippen LogP contribution in [0.4, 0.5) is 5.69 Å². The first-order valence-corrected chi connectivity index (χ1v) is 8.48. The van der Waals surface area contributed by atoms with E-state index in [4.69, 9.17) is 0 Å². The van der Waals surface area contributed by atoms with Gasteiger partial charge in [-0.1, -0.05) is 12.1 Å². The van der Waals surface area contributed by atoms with Gasteiger partial charge >= 0.3 is 0 Å². The normalized spacial score (nSPS) is 24.7. The topological polar surface area (TPSA) is 69.6 Å². The van der Waals surface area contributed by atoms with E-state index >= 15 is 0 Å². The van der Waals surface area contributed by atoms with Gasteiger partial charge in [0, 0.05) is 24.7 Å². The van der Waals surface area contributed by atoms with Gasteiger partial charge in [0.15, 0.2) is 0 Å². The van der Waals surface area contributed by atoms with E-state index in [1.165, 1.54) is 0 Å². The summed E-state index contributed by atoms with van der Waals surface area (Å²) < 4.78 is 0. The van der Waals surface area contributed by atoms with Crippen LogP contribution in [-0.2, 0) is 16.0 Å². The smallest absolute Gasteiger partial charge is 0.227 e. The van der Waals surface area contributed by atoms with E-state index < -0.39 is 0 Å². The Morgan fingerprint density at radius 1 is 1.17 bits per heavy atom. The number of anilines is 1. The molecule has 1 saturated heterocycles. The van der Waals surface area contributed by atoms with Gasteiger partial charge in [-0.25, -0.2) is 0 Å². The molecule has 3 rings (SSSR count). The molecule has 1 aromatic rings. The van der Waals surface area contributed by atoms with Gasteiger partial charge in [-0.2, -0.15) is 0 Å². The van der Waals surface area contributed by atoms with E-state index in [2.05, 4.69) is 5.32 Å². The van der Waals surface area contributed by atoms with Crippen molar-refractivity contribution < 1.29 is 14.7 Å². The first kappa shape index (κ1) is 16.0. The van der Waals surface area contributed by atoms with E-state index in [0.717, 1.165) is 49.9 Å². The minimum atomic E-state index is -0.205. The zero-order chi connectivity index (χ0) is 16.2. The van der Waals surface area contributed by atoms with E-state index in [0.29, 0.717) is 12.8 Å². The van der Waals surface area contributed by atoms with E-state index in [1.807, 2.05) is 24.3 Å². The monoisotopic (exact) mass is 316 g/mol. The van der Waals surface area contributed by atoms with Gasteiger partial charge in [0.05, 0.1) is 12.5 Å². The summed E-state index contributed by atoms with van der Waals surface area (Å²) in [5.74, 6) is 0.200. The second-order valence-corrected chi connectivity index (χ2v) is 6.57. The molecule has 1 heterocycles. The number of aliphatic hydroxyl groups excluding tert-OH is 1. The molecule has 5 nitrogen and oxygen atoms in total. The van der Waals surface area contributed by atoms with Crippen LogP contribution in [0.1, 0.15) is 44.1 Å². The standard InChI is InChI=1S/C18H24N2O3/c21-16-9-5-14(6-10-16)19-17(22)12-13-3-7-15(8-4-13)20-11-1-2-18(20)23/h3-4,7-8,14,16,21H,1-2,5-6,9-12H2,(H,19,22). The van der Waals surface area contributed by atoms with Crippen LogP contribution in [0.2, 0.25) is 0 Å². The fraction of sp³-hybridized carbons (Fsp3) is 0.556. The quantitative estimate of drug-likeness (QED) is 0.889. The molecular formula is C18H24N2O3. The summed E-state index contributed by atoms with van der Waals surface area (Å²) in [7, 11) is 0. The number of carbonyl (C=O) groups is 2. The Morgan fingerprint density at radius 2 is 1.87 bits per heavy atom. The molecule has 0 spiro atoms. The Kier molecular flexibility index (Phi) is 4.96. The largest absolute Gasteiger partial charge is 0.393 e. The molecule has 2 aliphatic rings. The summed E-state index contributed by atoms with van der Waals surface area (Å²) in [6, 6.07) is 7.87. The second kappa shape index (κ2) is 7.13. The summed E-state index contributed by atoms with van der Waals surface area (Å²) >= 11 is 0. The first-order chi connectivity index (χ1) is 11.1. The van der Waals surface area contributed by atoms with Crippen molar-refractivity contribution >= 4 is 17.5 Å². The maximum Gasteiger partial charge on any atom is 0.227 e. The van der Waals surface area contributed by atoms with Crippen LogP contribution >= 0.6 is 0 Å². The summed E-state index contributed by atoms with van der Waals surface area (Å²) in [6.45, 7) is 0.784. The van der Waals surface area contributed by atoms with Gasteiger partial charge < -0.3 is 15.3 Å². The maximum absolute atomic E-state index is 12.1. The third-order valence-corrected chi connectivity index (χ3v) is 4.75. The highest BCUT2D eigenvalue weighted by Gasteiger charge is 2.22. The Bertz CT molecular complexity index is 562. The molecular weight excluding hydrogens is 292 g/mol. The van der Waals surface area contributed by atoms with Crippen molar-refractivity contribution in [2.75, 3.05) is 11.4 Å². The number of hydrogen-bond donors (Lipinski definition) is 2. The van der Waals surface area contributed by atoms with Crippen molar-refractivity contribution in [1.29, 1.82) is 0 Å². The van der Waals surface area contributed by atoms with Gasteiger partial charge in [0.25, 0.3) is 0 Å². The van der Waals surface area contributed by atoms with Crippen LogP contribution in [0, 0.1) is 0 Å². The molecule has 0 aromatic heterocycles. The highest BCUT2D eigenvalue weighted by Crippen LogP contribution is 2.22. The third kappa shape index (κ3) is 4.10. The maximum atomic E-state index is 12.1. The number of hydrogen-bond acceptors (Lipinski definition) is 3. The summed E-state index contributed by atoms with van der Waals surface area (Å²) in [4.78, 5) is 25.6. The van der Waals surface area contributed by atoms with Crippen LogP contribution in [0.3, 0.4) is 0 Å². The predicted octanol–water partition coefficient (Wildman–Crippen LogP) is 1.78. The van der Waals surface area contributed by atoms with Crippen LogP contribution in [-0.4, -0.2) is 35.6 Å². The summed E-state index contributed by atoms with van der Waals surface area (Å²) in [5, 5.41) is 12.5. The molecule has 5 heteroatoms. The number of aliphatic hydroxyl groups is 1. The van der Waals surface area contributed by atoms with Gasteiger partial charge in [0.2, 0.25) is 11.8 Å². The highest BCUT2D eigenvalue weighted by molar-refractivity contribution is 5.95. The fourth-order valence-electron chi connectivity index (χ4n) is 3.40. The Balaban J connectivity index is 1.51. The van der Waals surface area contributed by atoms with Crippen LogP contribution in [0.5, 0.6) is 0 Å². The molecule has 1 aliphatic heterocycles. The Hall–Kier alpha value is -1.88. The van der Waals surface area contributed by atoms with Crippen molar-refractivity contribution in [1.82, 2.24) is 5.32 Å². The number of rotatable bonds is 4. The summed E-state index contributed by atoms with van der Waals surface area (Å²) in [6.07, 6.45) is 4.93. The Labute approximate surface area is 136 Å². The minimum Gasteiger partial charge on any atom is -0.393 e. The molecule has 2 fully saturated rings. The molecule has 0 radical (unpaired) electrons. The lowest BCUT2D eigenvalue weighted by Crippen LogP contribution is -2.39. The van der Waals surface area contributed by atoms with Gasteiger partial charge in [-0.15, -0.1) is 0 Å². The fourth-order valence-corrected chi connectivity index (χ4v) is 3.40. The number of benzene rings is 1. The molecule has 0 unspecified atom stereocenters. The molecule has 0 atom stereocenters. The number of nitrogens with one attached hydrogen (secondary N) is 1. The second-order valence-electron chi connectivity index (χ2n) is 6.57. The van der Waals surface area contributed by atoms with Crippen molar-refractivity contribution in [3.05, 3.63) is 29.8 Å². The summed E-state index contributed by atoms with van der Waals surface area (Å²) in [5.41, 5.74) is 1.87. The van der Waals surface area contributed by atoms with Crippen LogP contribution < -0.4 is 10.2 Å². The van der Waals surface area contributed by atoms with Crippen molar-refractivity contribution in [3.63, 3.8) is 0 Å². The lowest BCUT2D eigenvalue weighted by Gasteiger charge is -2.26. The average Bonchev–Trinajstić information content (AvgIpc) is 2.96. The third-order valence-electron chi connectivity index (χ3n) is 4.75. The molecule has 0 bridgehead atoms. The minimum absolute atomic E-state index is 0.0244. The molecule has 2 amide bonds. The highest BCUT2D eigenvalue weighted by atomic mass is 16.3. The zero-order valence-electron chi connectivity index (χ0n) is 13.3. The van der Waals surface area contributed by atoms with E-state index in [9.17, 15) is 14.7 Å². The van der Waals surface area contributed by atoms with Gasteiger partial charge in [-0.05, 0) is 49.8 Å². The number of carbonyl (C=O) groups excluding carboxylic acids is 2. The molecule has 2 N–H and O–H groups in total. The van der Waals surface area contributed by atoms with Gasteiger partial charge in [0.1, 0.15) is 0 Å². The van der Waals surface area contributed by atoms with Crippen molar-refractivity contribution in [3.8, 4) is 0 Å². The van der Waals surface area contributed by atoms with Crippen molar-refractivity contribution in [2.45, 2.75) is 57.1 Å². The number of amides is 2. The van der Waals surface area contributed by atoms with E-state index in [-0.39, 0.29) is 24.0 Å². The first-order valence-electron chi connectivity index (χ1n) is 8.48. The molecule has 1 saturated carbocycles. The molecule has 124 valence electrons. The molecule has 23 heavy (non-hydrogen) atoms. The van der Waals surface area contributed by atoms with E-state index in [1.54, 1.807) is 4.90 Å². The Morgan fingerprint density at radius 3 is 2.48 bits per heavy atom. The number of nitrogens with zero attached hydrogens (tertiary/aromatic N) is 1. The molecule has 1 aliphatic carbocycles. The molecule has 1 aromatic carbocycles. The predicted molar refractivity (Wildman–Crippen MR) is 88.1 cm³/mol. The SMILES string of the molecule is O=C(Cc1ccc(N2CCCC2=O)cc1)NC1CCC(O)CC1.